The van der Waals surface area contributed by atoms with Crippen LogP contribution in [0.2, 0.25) is 0 Å². The van der Waals surface area contributed by atoms with Crippen LogP contribution in [0.4, 0.5) is 0 Å². The second-order valence-electron chi connectivity index (χ2n) is 5.23. The standard InChI is InChI=1S/C15H21NO/c1-12-3-5-14(6-4-12)11-15(17)16-9-7-13(2)8-10-16/h3-6,13H,7-11H2,1-2H3. The first kappa shape index (κ1) is 12.2. The van der Waals surface area contributed by atoms with E-state index >= 15 is 0 Å². The maximum Gasteiger partial charge on any atom is 0.226 e. The van der Waals surface area contributed by atoms with E-state index in [0.717, 1.165) is 37.4 Å². The molecule has 1 fully saturated rings. The molecule has 1 heterocycles. The monoisotopic (exact) mass is 231 g/mol. The van der Waals surface area contributed by atoms with Crippen molar-refractivity contribution in [2.24, 2.45) is 5.92 Å². The van der Waals surface area contributed by atoms with Crippen molar-refractivity contribution in [3.05, 3.63) is 35.4 Å². The van der Waals surface area contributed by atoms with E-state index in [2.05, 4.69) is 38.1 Å². The molecule has 92 valence electrons. The highest BCUT2D eigenvalue weighted by molar-refractivity contribution is 5.78. The molecule has 0 bridgehead atoms. The Morgan fingerprint density at radius 3 is 2.41 bits per heavy atom. The summed E-state index contributed by atoms with van der Waals surface area (Å²) in [6.45, 7) is 6.21. The zero-order valence-corrected chi connectivity index (χ0v) is 10.8. The third-order valence-corrected chi connectivity index (χ3v) is 3.61. The van der Waals surface area contributed by atoms with Gasteiger partial charge in [-0.3, -0.25) is 4.79 Å². The van der Waals surface area contributed by atoms with Gasteiger partial charge < -0.3 is 4.90 Å². The van der Waals surface area contributed by atoms with E-state index in [9.17, 15) is 4.79 Å². The molecule has 2 heteroatoms. The lowest BCUT2D eigenvalue weighted by atomic mass is 9.98. The Balaban J connectivity index is 1.90. The maximum atomic E-state index is 12.1. The summed E-state index contributed by atoms with van der Waals surface area (Å²) in [7, 11) is 0. The summed E-state index contributed by atoms with van der Waals surface area (Å²) in [5.41, 5.74) is 2.37. The van der Waals surface area contributed by atoms with Gasteiger partial charge in [-0.05, 0) is 31.2 Å². The van der Waals surface area contributed by atoms with Crippen LogP contribution in [0, 0.1) is 12.8 Å². The molecule has 0 aliphatic carbocycles. The number of carbonyl (C=O) groups is 1. The summed E-state index contributed by atoms with van der Waals surface area (Å²) in [4.78, 5) is 14.1. The molecular weight excluding hydrogens is 210 g/mol. The quantitative estimate of drug-likeness (QED) is 0.766. The maximum absolute atomic E-state index is 12.1. The first-order valence-corrected chi connectivity index (χ1v) is 6.48. The van der Waals surface area contributed by atoms with Gasteiger partial charge in [0.1, 0.15) is 0 Å². The van der Waals surface area contributed by atoms with Crippen LogP contribution in [0.5, 0.6) is 0 Å². The Labute approximate surface area is 104 Å². The third kappa shape index (κ3) is 3.32. The van der Waals surface area contributed by atoms with Gasteiger partial charge in [0.15, 0.2) is 0 Å². The average Bonchev–Trinajstić information content (AvgIpc) is 2.33. The smallest absolute Gasteiger partial charge is 0.226 e. The summed E-state index contributed by atoms with van der Waals surface area (Å²) >= 11 is 0. The lowest BCUT2D eigenvalue weighted by Crippen LogP contribution is -2.38. The number of rotatable bonds is 2. The molecule has 0 spiro atoms. The average molecular weight is 231 g/mol. The number of benzene rings is 1. The van der Waals surface area contributed by atoms with Crippen molar-refractivity contribution in [1.29, 1.82) is 0 Å². The van der Waals surface area contributed by atoms with Gasteiger partial charge in [-0.1, -0.05) is 36.8 Å². The zero-order valence-electron chi connectivity index (χ0n) is 10.8. The lowest BCUT2D eigenvalue weighted by Gasteiger charge is -2.30. The molecule has 2 nitrogen and oxygen atoms in total. The number of hydrogen-bond donors (Lipinski definition) is 0. The van der Waals surface area contributed by atoms with Crippen LogP contribution >= 0.6 is 0 Å². The topological polar surface area (TPSA) is 20.3 Å². The van der Waals surface area contributed by atoms with E-state index in [1.165, 1.54) is 5.56 Å². The first-order valence-electron chi connectivity index (χ1n) is 6.48. The van der Waals surface area contributed by atoms with Crippen LogP contribution in [-0.2, 0) is 11.2 Å². The van der Waals surface area contributed by atoms with E-state index in [4.69, 9.17) is 0 Å². The molecule has 0 atom stereocenters. The van der Waals surface area contributed by atoms with Gasteiger partial charge in [0, 0.05) is 13.1 Å². The number of aryl methyl sites for hydroxylation is 1. The van der Waals surface area contributed by atoms with Crippen molar-refractivity contribution in [2.45, 2.75) is 33.1 Å². The minimum atomic E-state index is 0.278. The molecule has 0 N–H and O–H groups in total. The second kappa shape index (κ2) is 5.35. The Hall–Kier alpha value is -1.31. The highest BCUT2D eigenvalue weighted by atomic mass is 16.2. The van der Waals surface area contributed by atoms with E-state index < -0.39 is 0 Å². The summed E-state index contributed by atoms with van der Waals surface area (Å²) in [5.74, 6) is 1.05. The molecule has 0 saturated carbocycles. The fourth-order valence-corrected chi connectivity index (χ4v) is 2.25. The van der Waals surface area contributed by atoms with Crippen LogP contribution in [0.15, 0.2) is 24.3 Å². The van der Waals surface area contributed by atoms with Crippen LogP contribution < -0.4 is 0 Å². The van der Waals surface area contributed by atoms with E-state index in [-0.39, 0.29) is 5.91 Å². The van der Waals surface area contributed by atoms with Crippen molar-refractivity contribution < 1.29 is 4.79 Å². The van der Waals surface area contributed by atoms with E-state index in [0.29, 0.717) is 6.42 Å². The third-order valence-electron chi connectivity index (χ3n) is 3.61. The molecule has 1 aromatic rings. The molecule has 0 radical (unpaired) electrons. The van der Waals surface area contributed by atoms with Crippen molar-refractivity contribution in [1.82, 2.24) is 4.90 Å². The predicted molar refractivity (Wildman–Crippen MR) is 69.9 cm³/mol. The van der Waals surface area contributed by atoms with E-state index in [1.807, 2.05) is 4.90 Å². The number of hydrogen-bond acceptors (Lipinski definition) is 1. The van der Waals surface area contributed by atoms with Gasteiger partial charge in [0.05, 0.1) is 6.42 Å². The fourth-order valence-electron chi connectivity index (χ4n) is 2.25. The zero-order chi connectivity index (χ0) is 12.3. The largest absolute Gasteiger partial charge is 0.342 e. The van der Waals surface area contributed by atoms with Crippen molar-refractivity contribution in [2.75, 3.05) is 13.1 Å². The number of piperidine rings is 1. The Bertz CT molecular complexity index is 374. The molecular formula is C15H21NO. The summed E-state index contributed by atoms with van der Waals surface area (Å²) in [5, 5.41) is 0. The number of amides is 1. The summed E-state index contributed by atoms with van der Waals surface area (Å²) in [6.07, 6.45) is 2.86. The molecule has 0 unspecified atom stereocenters. The van der Waals surface area contributed by atoms with E-state index in [1.54, 1.807) is 0 Å². The fraction of sp³-hybridized carbons (Fsp3) is 0.533. The number of likely N-dealkylation sites (tertiary alicyclic amines) is 1. The molecule has 1 saturated heterocycles. The minimum absolute atomic E-state index is 0.278. The highest BCUT2D eigenvalue weighted by Gasteiger charge is 2.19. The highest BCUT2D eigenvalue weighted by Crippen LogP contribution is 2.17. The first-order chi connectivity index (χ1) is 8.15. The summed E-state index contributed by atoms with van der Waals surface area (Å²) < 4.78 is 0. The molecule has 17 heavy (non-hydrogen) atoms. The van der Waals surface area contributed by atoms with Crippen LogP contribution in [0.3, 0.4) is 0 Å². The van der Waals surface area contributed by atoms with Gasteiger partial charge in [-0.15, -0.1) is 0 Å². The second-order valence-corrected chi connectivity index (χ2v) is 5.23. The summed E-state index contributed by atoms with van der Waals surface area (Å²) in [6, 6.07) is 8.25. The normalized spacial score (nSPS) is 17.2. The Kier molecular flexibility index (Phi) is 3.82. The van der Waals surface area contributed by atoms with Crippen LogP contribution in [-0.4, -0.2) is 23.9 Å². The number of nitrogens with zero attached hydrogens (tertiary/aromatic N) is 1. The molecule has 2 rings (SSSR count). The Morgan fingerprint density at radius 2 is 1.82 bits per heavy atom. The van der Waals surface area contributed by atoms with Crippen molar-refractivity contribution in [3.8, 4) is 0 Å². The molecule has 1 aromatic carbocycles. The minimum Gasteiger partial charge on any atom is -0.342 e. The Morgan fingerprint density at radius 1 is 1.24 bits per heavy atom. The molecule has 1 aliphatic heterocycles. The SMILES string of the molecule is Cc1ccc(CC(=O)N2CCC(C)CC2)cc1. The molecule has 1 aliphatic rings. The van der Waals surface area contributed by atoms with Crippen LogP contribution in [0.25, 0.3) is 0 Å². The van der Waals surface area contributed by atoms with Crippen molar-refractivity contribution >= 4 is 5.91 Å². The van der Waals surface area contributed by atoms with Gasteiger partial charge in [0.2, 0.25) is 5.91 Å². The predicted octanol–water partition coefficient (Wildman–Crippen LogP) is 2.80. The van der Waals surface area contributed by atoms with Crippen LogP contribution in [0.1, 0.15) is 30.9 Å². The molecule has 0 aromatic heterocycles. The van der Waals surface area contributed by atoms with Gasteiger partial charge in [0.25, 0.3) is 0 Å². The lowest BCUT2D eigenvalue weighted by molar-refractivity contribution is -0.131. The van der Waals surface area contributed by atoms with Gasteiger partial charge >= 0.3 is 0 Å². The number of carbonyl (C=O) groups excluding carboxylic acids is 1. The van der Waals surface area contributed by atoms with Gasteiger partial charge in [-0.25, -0.2) is 0 Å². The van der Waals surface area contributed by atoms with Crippen molar-refractivity contribution in [3.63, 3.8) is 0 Å². The van der Waals surface area contributed by atoms with Gasteiger partial charge in [-0.2, -0.15) is 0 Å². The molecule has 1 amide bonds.